The lowest BCUT2D eigenvalue weighted by Gasteiger charge is -2.37. The molecule has 17 heavy (non-hydrogen) atoms. The van der Waals surface area contributed by atoms with Gasteiger partial charge in [0.05, 0.1) is 5.92 Å². The van der Waals surface area contributed by atoms with Crippen molar-refractivity contribution in [2.45, 2.75) is 38.6 Å². The number of likely N-dealkylation sites (tertiary alicyclic amines) is 1. The Morgan fingerprint density at radius 3 is 2.47 bits per heavy atom. The third-order valence-electron chi connectivity index (χ3n) is 4.41. The fourth-order valence-corrected chi connectivity index (χ4v) is 2.86. The van der Waals surface area contributed by atoms with Gasteiger partial charge in [-0.15, -0.1) is 0 Å². The number of nitrogens with one attached hydrogen (secondary N) is 1. The summed E-state index contributed by atoms with van der Waals surface area (Å²) in [6.45, 7) is 6.78. The zero-order valence-electron chi connectivity index (χ0n) is 10.7. The predicted molar refractivity (Wildman–Crippen MR) is 67.0 cm³/mol. The highest BCUT2D eigenvalue weighted by Gasteiger charge is 2.36. The Labute approximate surface area is 103 Å². The van der Waals surface area contributed by atoms with Gasteiger partial charge in [0, 0.05) is 6.04 Å². The van der Waals surface area contributed by atoms with Crippen LogP contribution < -0.4 is 5.32 Å². The van der Waals surface area contributed by atoms with E-state index in [1.165, 1.54) is 25.9 Å². The number of nitrogens with zero attached hydrogens (tertiary/aromatic N) is 1. The summed E-state index contributed by atoms with van der Waals surface area (Å²) in [6.07, 6.45) is 4.39. The fourth-order valence-electron chi connectivity index (χ4n) is 2.86. The molecule has 1 heterocycles. The molecular formula is C13H24N2O2. The second-order valence-electron chi connectivity index (χ2n) is 5.41. The van der Waals surface area contributed by atoms with Gasteiger partial charge in [-0.05, 0) is 57.8 Å². The first-order chi connectivity index (χ1) is 8.20. The minimum Gasteiger partial charge on any atom is -0.481 e. The molecule has 98 valence electrons. The third-order valence-corrected chi connectivity index (χ3v) is 4.41. The van der Waals surface area contributed by atoms with Crippen molar-refractivity contribution in [3.63, 3.8) is 0 Å². The van der Waals surface area contributed by atoms with E-state index in [4.69, 9.17) is 5.11 Å². The standard InChI is InChI=1S/C13H24N2O2/c1-2-15-7-5-10(6-8-15)9-14-12-4-3-11(12)13(16)17/h10-12,14H,2-9H2,1H3,(H,16,17). The van der Waals surface area contributed by atoms with Crippen molar-refractivity contribution >= 4 is 5.97 Å². The maximum absolute atomic E-state index is 10.9. The monoisotopic (exact) mass is 240 g/mol. The number of carbonyl (C=O) groups is 1. The number of carboxylic acid groups (broad SMARTS) is 1. The molecule has 0 aromatic carbocycles. The molecule has 2 unspecified atom stereocenters. The molecule has 1 aliphatic carbocycles. The minimum atomic E-state index is -0.630. The van der Waals surface area contributed by atoms with E-state index in [-0.39, 0.29) is 12.0 Å². The number of carboxylic acids is 1. The van der Waals surface area contributed by atoms with Gasteiger partial charge in [-0.25, -0.2) is 0 Å². The van der Waals surface area contributed by atoms with Gasteiger partial charge in [-0.3, -0.25) is 4.79 Å². The Kier molecular flexibility index (Phi) is 4.40. The molecule has 0 radical (unpaired) electrons. The summed E-state index contributed by atoms with van der Waals surface area (Å²) in [7, 11) is 0. The summed E-state index contributed by atoms with van der Waals surface area (Å²) in [4.78, 5) is 13.4. The third kappa shape index (κ3) is 3.19. The van der Waals surface area contributed by atoms with Crippen LogP contribution in [0.4, 0.5) is 0 Å². The van der Waals surface area contributed by atoms with E-state index in [2.05, 4.69) is 17.1 Å². The number of hydrogen-bond donors (Lipinski definition) is 2. The molecule has 0 aromatic rings. The van der Waals surface area contributed by atoms with E-state index in [9.17, 15) is 4.79 Å². The molecule has 2 N–H and O–H groups in total. The average molecular weight is 240 g/mol. The van der Waals surface area contributed by atoms with E-state index >= 15 is 0 Å². The van der Waals surface area contributed by atoms with Crippen LogP contribution in [0.15, 0.2) is 0 Å². The maximum Gasteiger partial charge on any atom is 0.308 e. The molecule has 2 rings (SSSR count). The molecule has 1 saturated carbocycles. The van der Waals surface area contributed by atoms with Gasteiger partial charge in [-0.1, -0.05) is 6.92 Å². The maximum atomic E-state index is 10.9. The summed E-state index contributed by atoms with van der Waals surface area (Å²) in [5.41, 5.74) is 0. The molecule has 0 spiro atoms. The quantitative estimate of drug-likeness (QED) is 0.757. The zero-order valence-corrected chi connectivity index (χ0v) is 10.7. The second-order valence-corrected chi connectivity index (χ2v) is 5.41. The average Bonchev–Trinajstić information content (AvgIpc) is 2.28. The Balaban J connectivity index is 1.64. The molecule has 1 saturated heterocycles. The molecule has 0 aromatic heterocycles. The van der Waals surface area contributed by atoms with Crippen molar-refractivity contribution in [1.82, 2.24) is 10.2 Å². The van der Waals surface area contributed by atoms with Crippen LogP contribution in [-0.4, -0.2) is 48.2 Å². The summed E-state index contributed by atoms with van der Waals surface area (Å²) in [5.74, 6) is -0.0203. The van der Waals surface area contributed by atoms with E-state index in [0.29, 0.717) is 0 Å². The summed E-state index contributed by atoms with van der Waals surface area (Å²) >= 11 is 0. The molecule has 2 fully saturated rings. The van der Waals surface area contributed by atoms with E-state index < -0.39 is 5.97 Å². The van der Waals surface area contributed by atoms with Crippen molar-refractivity contribution in [2.24, 2.45) is 11.8 Å². The van der Waals surface area contributed by atoms with Gasteiger partial charge in [0.15, 0.2) is 0 Å². The van der Waals surface area contributed by atoms with E-state index in [1.807, 2.05) is 0 Å². The lowest BCUT2D eigenvalue weighted by atomic mass is 9.79. The van der Waals surface area contributed by atoms with Crippen LogP contribution in [0.1, 0.15) is 32.6 Å². The summed E-state index contributed by atoms with van der Waals surface area (Å²) in [5, 5.41) is 12.4. The zero-order chi connectivity index (χ0) is 12.3. The van der Waals surface area contributed by atoms with Gasteiger partial charge in [-0.2, -0.15) is 0 Å². The van der Waals surface area contributed by atoms with Gasteiger partial charge >= 0.3 is 5.97 Å². The van der Waals surface area contributed by atoms with Crippen molar-refractivity contribution < 1.29 is 9.90 Å². The van der Waals surface area contributed by atoms with Crippen molar-refractivity contribution in [2.75, 3.05) is 26.2 Å². The molecule has 2 aliphatic rings. The largest absolute Gasteiger partial charge is 0.481 e. The van der Waals surface area contributed by atoms with Crippen LogP contribution in [-0.2, 0) is 4.79 Å². The topological polar surface area (TPSA) is 52.6 Å². The highest BCUT2D eigenvalue weighted by Crippen LogP contribution is 2.28. The summed E-state index contributed by atoms with van der Waals surface area (Å²) < 4.78 is 0. The molecule has 1 aliphatic heterocycles. The molecule has 4 nitrogen and oxygen atoms in total. The second kappa shape index (κ2) is 5.83. The Morgan fingerprint density at radius 1 is 1.29 bits per heavy atom. The first-order valence-corrected chi connectivity index (χ1v) is 6.89. The summed E-state index contributed by atoms with van der Waals surface area (Å²) in [6, 6.07) is 0.233. The molecule has 0 amide bonds. The lowest BCUT2D eigenvalue weighted by Crippen LogP contribution is -2.49. The Bertz CT molecular complexity index is 262. The number of piperidine rings is 1. The van der Waals surface area contributed by atoms with E-state index in [0.717, 1.165) is 31.8 Å². The molecular weight excluding hydrogens is 216 g/mol. The van der Waals surface area contributed by atoms with Crippen LogP contribution in [0.2, 0.25) is 0 Å². The molecule has 2 atom stereocenters. The SMILES string of the molecule is CCN1CCC(CNC2CCC2C(=O)O)CC1. The first kappa shape index (κ1) is 12.8. The van der Waals surface area contributed by atoms with Crippen LogP contribution in [0, 0.1) is 11.8 Å². The van der Waals surface area contributed by atoms with E-state index in [1.54, 1.807) is 0 Å². The van der Waals surface area contributed by atoms with Crippen LogP contribution in [0.25, 0.3) is 0 Å². The van der Waals surface area contributed by atoms with Crippen molar-refractivity contribution in [3.05, 3.63) is 0 Å². The molecule has 4 heteroatoms. The van der Waals surface area contributed by atoms with Crippen molar-refractivity contribution in [3.8, 4) is 0 Å². The number of rotatable bonds is 5. The van der Waals surface area contributed by atoms with Crippen LogP contribution in [0.3, 0.4) is 0 Å². The predicted octanol–water partition coefficient (Wildman–Crippen LogP) is 1.17. The Morgan fingerprint density at radius 2 is 2.00 bits per heavy atom. The number of aliphatic carboxylic acids is 1. The van der Waals surface area contributed by atoms with Crippen molar-refractivity contribution in [1.29, 1.82) is 0 Å². The van der Waals surface area contributed by atoms with Gasteiger partial charge in [0.1, 0.15) is 0 Å². The first-order valence-electron chi connectivity index (χ1n) is 6.89. The number of hydrogen-bond acceptors (Lipinski definition) is 3. The fraction of sp³-hybridized carbons (Fsp3) is 0.923. The lowest BCUT2D eigenvalue weighted by molar-refractivity contribution is -0.146. The highest BCUT2D eigenvalue weighted by molar-refractivity contribution is 5.72. The highest BCUT2D eigenvalue weighted by atomic mass is 16.4. The van der Waals surface area contributed by atoms with Gasteiger partial charge in [0.25, 0.3) is 0 Å². The van der Waals surface area contributed by atoms with Gasteiger partial charge in [0.2, 0.25) is 0 Å². The Hall–Kier alpha value is -0.610. The molecule has 0 bridgehead atoms. The minimum absolute atomic E-state index is 0.134. The van der Waals surface area contributed by atoms with Crippen LogP contribution in [0.5, 0.6) is 0 Å². The van der Waals surface area contributed by atoms with Gasteiger partial charge < -0.3 is 15.3 Å². The van der Waals surface area contributed by atoms with Crippen LogP contribution >= 0.6 is 0 Å². The smallest absolute Gasteiger partial charge is 0.308 e. The normalized spacial score (nSPS) is 31.1.